The van der Waals surface area contributed by atoms with Crippen LogP contribution in [0.25, 0.3) is 0 Å². The van der Waals surface area contributed by atoms with Gasteiger partial charge in [0.25, 0.3) is 0 Å². The summed E-state index contributed by atoms with van der Waals surface area (Å²) in [6.45, 7) is 0.449. The number of aromatic nitrogens is 1. The van der Waals surface area contributed by atoms with Crippen molar-refractivity contribution in [3.8, 4) is 5.75 Å². The number of nitrogens with zero attached hydrogens (tertiary/aromatic N) is 2. The molecule has 25 heavy (non-hydrogen) atoms. The Hall–Kier alpha value is -2.23. The molecule has 1 heterocycles. The molecule has 7 heteroatoms. The van der Waals surface area contributed by atoms with E-state index in [4.69, 9.17) is 4.74 Å². The molecule has 124 valence electrons. The zero-order valence-corrected chi connectivity index (χ0v) is 17.2. The first-order valence-corrected chi connectivity index (χ1v) is 6.95. The first-order chi connectivity index (χ1) is 11.6. The van der Waals surface area contributed by atoms with Crippen molar-refractivity contribution in [3.63, 3.8) is 0 Å². The molecule has 0 aliphatic heterocycles. The first kappa shape index (κ1) is 20.8. The van der Waals surface area contributed by atoms with Gasteiger partial charge in [-0.2, -0.15) is 18.2 Å². The van der Waals surface area contributed by atoms with Crippen molar-refractivity contribution in [1.29, 1.82) is 0 Å². The Morgan fingerprint density at radius 3 is 2.32 bits per heavy atom. The molecule has 0 atom stereocenters. The monoisotopic (exact) mass is 562 g/mol. The fourth-order valence-corrected chi connectivity index (χ4v) is 1.63. The molecule has 0 fully saturated rings. The van der Waals surface area contributed by atoms with Crippen LogP contribution in [0.4, 0.5) is 10.1 Å². The first-order valence-electron chi connectivity index (χ1n) is 6.95. The van der Waals surface area contributed by atoms with Crippen molar-refractivity contribution >= 4 is 5.69 Å². The molecule has 0 spiro atoms. The molecule has 0 aliphatic carbocycles. The standard InChI is InChI=1S/C13H10FO.C5H3N2O2.U/c14-12-8-6-11(7-9-12)10-15-13-4-2-1-3-5-13;8-7(9)5-2-1-3-6-4-5;/h2-9H,10H2;1-3H;/q2*-1;+2. The molecule has 0 aliphatic rings. The maximum absolute atomic E-state index is 12.6. The van der Waals surface area contributed by atoms with E-state index in [1.165, 1.54) is 30.5 Å². The quantitative estimate of drug-likeness (QED) is 0.274. The van der Waals surface area contributed by atoms with Gasteiger partial charge >= 0.3 is 31.1 Å². The minimum absolute atomic E-state index is 0. The number of hydrogen-bond donors (Lipinski definition) is 0. The van der Waals surface area contributed by atoms with E-state index in [0.717, 1.165) is 11.3 Å². The van der Waals surface area contributed by atoms with E-state index in [1.54, 1.807) is 24.3 Å². The molecule has 0 saturated carbocycles. The summed E-state index contributed by atoms with van der Waals surface area (Å²) in [5, 5.41) is 9.94. The second kappa shape index (κ2) is 11.3. The van der Waals surface area contributed by atoms with Gasteiger partial charge in [-0.15, -0.1) is 18.2 Å². The topological polar surface area (TPSA) is 65.3 Å². The number of benzene rings is 2. The Kier molecular flexibility index (Phi) is 9.45. The van der Waals surface area contributed by atoms with Gasteiger partial charge in [-0.1, -0.05) is 24.4 Å². The van der Waals surface area contributed by atoms with E-state index in [0.29, 0.717) is 6.61 Å². The largest absolute Gasteiger partial charge is 2.00 e. The summed E-state index contributed by atoms with van der Waals surface area (Å²) in [4.78, 5) is 12.8. The van der Waals surface area contributed by atoms with E-state index in [-0.39, 0.29) is 42.6 Å². The predicted octanol–water partition coefficient (Wildman–Crippen LogP) is 3.99. The molecule has 0 unspecified atom stereocenters. The number of nitro groups is 1. The number of ether oxygens (including phenoxy) is 1. The molecule has 2 aromatic carbocycles. The molecule has 3 aromatic rings. The Morgan fingerprint density at radius 2 is 1.80 bits per heavy atom. The summed E-state index contributed by atoms with van der Waals surface area (Å²) < 4.78 is 18.1. The maximum atomic E-state index is 12.6. The molecule has 0 saturated heterocycles. The van der Waals surface area contributed by atoms with Crippen molar-refractivity contribution in [2.45, 2.75) is 6.61 Å². The van der Waals surface area contributed by atoms with Crippen molar-refractivity contribution < 1.29 is 45.2 Å². The van der Waals surface area contributed by atoms with Crippen LogP contribution in [-0.2, 0) is 6.61 Å². The zero-order chi connectivity index (χ0) is 17.2. The Labute approximate surface area is 168 Å². The number of pyridine rings is 1. The third-order valence-electron chi connectivity index (χ3n) is 2.80. The Morgan fingerprint density at radius 1 is 1.12 bits per heavy atom. The van der Waals surface area contributed by atoms with Gasteiger partial charge < -0.3 is 9.72 Å². The number of halogens is 1. The second-order valence-electron chi connectivity index (χ2n) is 4.54. The molecule has 3 rings (SSSR count). The molecular weight excluding hydrogens is 549 g/mol. The van der Waals surface area contributed by atoms with Crippen LogP contribution in [0, 0.1) is 59.3 Å². The van der Waals surface area contributed by atoms with Crippen molar-refractivity contribution in [3.05, 3.63) is 101 Å². The summed E-state index contributed by atoms with van der Waals surface area (Å²) in [7, 11) is 0. The Balaban J connectivity index is 0.000000270. The maximum Gasteiger partial charge on any atom is 2.00 e. The minimum Gasteiger partial charge on any atom is -0.514 e. The van der Waals surface area contributed by atoms with Gasteiger partial charge in [-0.3, -0.25) is 10.1 Å². The van der Waals surface area contributed by atoms with E-state index in [1.807, 2.05) is 12.1 Å². The van der Waals surface area contributed by atoms with E-state index < -0.39 is 4.92 Å². The van der Waals surface area contributed by atoms with Crippen LogP contribution < -0.4 is 4.74 Å². The summed E-state index contributed by atoms with van der Waals surface area (Å²) in [5.74, 6) is 0.561. The van der Waals surface area contributed by atoms with E-state index in [2.05, 4.69) is 17.2 Å². The van der Waals surface area contributed by atoms with Gasteiger partial charge in [0.15, 0.2) is 5.69 Å². The third kappa shape index (κ3) is 7.92. The van der Waals surface area contributed by atoms with Crippen LogP contribution in [0.2, 0.25) is 0 Å². The number of rotatable bonds is 4. The van der Waals surface area contributed by atoms with Gasteiger partial charge in [0.05, 0.1) is 0 Å². The van der Waals surface area contributed by atoms with Gasteiger partial charge in [-0.25, -0.2) is 4.39 Å². The van der Waals surface area contributed by atoms with Crippen LogP contribution in [-0.4, -0.2) is 9.91 Å². The summed E-state index contributed by atoms with van der Waals surface area (Å²) in [6, 6.07) is 19.3. The van der Waals surface area contributed by atoms with Gasteiger partial charge in [0.2, 0.25) is 0 Å². The SMILES string of the molecule is Fc1ccc(COc2cc[c-]cc2)cc1.O=[N+]([O-])c1[c-]nccc1.[U+2]. The molecule has 0 bridgehead atoms. The molecular formula is C18H13FN2O3U. The predicted molar refractivity (Wildman–Crippen MR) is 85.7 cm³/mol. The fourth-order valence-electron chi connectivity index (χ4n) is 1.63. The number of hydrogen-bond acceptors (Lipinski definition) is 4. The minimum atomic E-state index is -0.535. The molecule has 0 N–H and O–H groups in total. The molecule has 0 radical (unpaired) electrons. The van der Waals surface area contributed by atoms with E-state index in [9.17, 15) is 14.5 Å². The average Bonchev–Trinajstić information content (AvgIpc) is 2.63. The smallest absolute Gasteiger partial charge is 0.514 e. The molecule has 1 aromatic heterocycles. The third-order valence-corrected chi connectivity index (χ3v) is 2.80. The fraction of sp³-hybridized carbons (Fsp3) is 0.0556. The van der Waals surface area contributed by atoms with Crippen LogP contribution >= 0.6 is 0 Å². The van der Waals surface area contributed by atoms with Crippen LogP contribution in [0.15, 0.2) is 66.9 Å². The second-order valence-corrected chi connectivity index (χ2v) is 4.54. The van der Waals surface area contributed by atoms with Crippen LogP contribution in [0.3, 0.4) is 0 Å². The van der Waals surface area contributed by atoms with Crippen LogP contribution in [0.1, 0.15) is 5.56 Å². The summed E-state index contributed by atoms with van der Waals surface area (Å²) in [6.07, 6.45) is 3.66. The normalized spacial score (nSPS) is 9.16. The molecule has 0 amide bonds. The van der Waals surface area contributed by atoms with Crippen molar-refractivity contribution in [2.24, 2.45) is 0 Å². The summed E-state index contributed by atoms with van der Waals surface area (Å²) >= 11 is 0. The average molecular weight is 562 g/mol. The molecule has 5 nitrogen and oxygen atoms in total. The zero-order valence-electron chi connectivity index (χ0n) is 13.1. The van der Waals surface area contributed by atoms with Crippen LogP contribution in [0.5, 0.6) is 5.75 Å². The van der Waals surface area contributed by atoms with Gasteiger partial charge in [0.1, 0.15) is 12.4 Å². The summed E-state index contributed by atoms with van der Waals surface area (Å²) in [5.41, 5.74) is 0.849. The Bertz CT molecular complexity index is 756. The van der Waals surface area contributed by atoms with Crippen molar-refractivity contribution in [2.75, 3.05) is 0 Å². The van der Waals surface area contributed by atoms with Crippen molar-refractivity contribution in [1.82, 2.24) is 4.98 Å². The van der Waals surface area contributed by atoms with Gasteiger partial charge in [0, 0.05) is 16.9 Å². The van der Waals surface area contributed by atoms with E-state index >= 15 is 0 Å². The van der Waals surface area contributed by atoms with Gasteiger partial charge in [-0.05, 0) is 17.7 Å².